The molecule has 0 unspecified atom stereocenters. The van der Waals surface area contributed by atoms with Crippen LogP contribution in [0.5, 0.6) is 0 Å². The van der Waals surface area contributed by atoms with E-state index in [1.165, 1.54) is 18.0 Å². The summed E-state index contributed by atoms with van der Waals surface area (Å²) in [7, 11) is 3.54. The van der Waals surface area contributed by atoms with E-state index in [0.717, 1.165) is 32.1 Å². The predicted molar refractivity (Wildman–Crippen MR) is 86.7 cm³/mol. The molecule has 0 bridgehead atoms. The molecule has 0 atom stereocenters. The zero-order valence-corrected chi connectivity index (χ0v) is 14.0. The summed E-state index contributed by atoms with van der Waals surface area (Å²) in [6.07, 6.45) is 8.11. The van der Waals surface area contributed by atoms with Gasteiger partial charge in [-0.15, -0.1) is 11.8 Å². The summed E-state index contributed by atoms with van der Waals surface area (Å²) in [6.45, 7) is 0. The molecule has 0 radical (unpaired) electrons. The zero-order chi connectivity index (χ0) is 16.2. The highest BCUT2D eigenvalue weighted by molar-refractivity contribution is 7.98. The van der Waals surface area contributed by atoms with Crippen LogP contribution in [0.2, 0.25) is 0 Å². The first kappa shape index (κ1) is 16.6. The molecule has 1 aliphatic rings. The summed E-state index contributed by atoms with van der Waals surface area (Å²) in [5.41, 5.74) is -0.180. The molecule has 1 heterocycles. The number of nitrogens with zero attached hydrogens (tertiary/aromatic N) is 4. The molecule has 7 heteroatoms. The van der Waals surface area contributed by atoms with Crippen LogP contribution in [-0.4, -0.2) is 46.7 Å². The first-order valence-electron chi connectivity index (χ1n) is 7.33. The molecule has 22 heavy (non-hydrogen) atoms. The van der Waals surface area contributed by atoms with Gasteiger partial charge in [0.2, 0.25) is 11.9 Å². The van der Waals surface area contributed by atoms with Crippen molar-refractivity contribution in [2.75, 3.05) is 25.7 Å². The first-order valence-corrected chi connectivity index (χ1v) is 8.56. The molecule has 1 amide bonds. The molecule has 0 saturated heterocycles. The van der Waals surface area contributed by atoms with Crippen molar-refractivity contribution in [3.8, 4) is 6.07 Å². The summed E-state index contributed by atoms with van der Waals surface area (Å²) in [5, 5.41) is 12.9. The number of nitrogens with one attached hydrogen (secondary N) is 1. The molecule has 1 aromatic rings. The van der Waals surface area contributed by atoms with E-state index in [4.69, 9.17) is 5.26 Å². The Morgan fingerprint density at radius 3 is 2.64 bits per heavy atom. The Bertz CT molecular complexity index is 590. The lowest BCUT2D eigenvalue weighted by Gasteiger charge is -2.38. The SMILES string of the molecule is CSc1nc(NC2(C(=O)N(C)C)CCCCC2)ncc1C#N. The number of carbonyl (C=O) groups is 1. The summed E-state index contributed by atoms with van der Waals surface area (Å²) < 4.78 is 0. The minimum Gasteiger partial charge on any atom is -0.347 e. The standard InChI is InChI=1S/C15H21N5OS/c1-20(2)13(21)15(7-5-4-6-8-15)19-14-17-10-11(9-16)12(18-14)22-3/h10H,4-8H2,1-3H3,(H,17,18,19). The second-order valence-electron chi connectivity index (χ2n) is 5.70. The maximum absolute atomic E-state index is 12.7. The Balaban J connectivity index is 2.31. The topological polar surface area (TPSA) is 81.9 Å². The number of rotatable bonds is 4. The van der Waals surface area contributed by atoms with Gasteiger partial charge >= 0.3 is 0 Å². The molecular formula is C15H21N5OS. The Morgan fingerprint density at radius 1 is 1.41 bits per heavy atom. The molecule has 118 valence electrons. The number of thioether (sulfide) groups is 1. The van der Waals surface area contributed by atoms with Crippen molar-refractivity contribution in [1.29, 1.82) is 5.26 Å². The molecule has 2 rings (SSSR count). The number of carbonyl (C=O) groups excluding carboxylic acids is 1. The minimum atomic E-state index is -0.633. The fourth-order valence-corrected chi connectivity index (χ4v) is 3.34. The normalized spacial score (nSPS) is 16.6. The van der Waals surface area contributed by atoms with Crippen LogP contribution < -0.4 is 5.32 Å². The van der Waals surface area contributed by atoms with Crippen LogP contribution in [0.15, 0.2) is 11.2 Å². The molecular weight excluding hydrogens is 298 g/mol. The van der Waals surface area contributed by atoms with E-state index in [0.29, 0.717) is 16.5 Å². The summed E-state index contributed by atoms with van der Waals surface area (Å²) in [5.74, 6) is 0.478. The summed E-state index contributed by atoms with van der Waals surface area (Å²) >= 11 is 1.40. The van der Waals surface area contributed by atoms with Gasteiger partial charge in [-0.05, 0) is 19.1 Å². The van der Waals surface area contributed by atoms with Crippen molar-refractivity contribution in [3.05, 3.63) is 11.8 Å². The van der Waals surface area contributed by atoms with Gasteiger partial charge in [0.05, 0.1) is 6.20 Å². The monoisotopic (exact) mass is 319 g/mol. The Labute approximate surface area is 135 Å². The van der Waals surface area contributed by atoms with Crippen LogP contribution in [0, 0.1) is 11.3 Å². The molecule has 1 N–H and O–H groups in total. The lowest BCUT2D eigenvalue weighted by Crippen LogP contribution is -2.53. The number of hydrogen-bond acceptors (Lipinski definition) is 6. The minimum absolute atomic E-state index is 0.0610. The average molecular weight is 319 g/mol. The van der Waals surface area contributed by atoms with E-state index in [9.17, 15) is 4.79 Å². The maximum Gasteiger partial charge on any atom is 0.247 e. The van der Waals surface area contributed by atoms with E-state index in [1.807, 2.05) is 6.26 Å². The van der Waals surface area contributed by atoms with Crippen molar-refractivity contribution < 1.29 is 4.79 Å². The molecule has 1 aromatic heterocycles. The highest BCUT2D eigenvalue weighted by Crippen LogP contribution is 2.32. The predicted octanol–water partition coefficient (Wildman–Crippen LogP) is 2.27. The first-order chi connectivity index (χ1) is 10.5. The fraction of sp³-hybridized carbons (Fsp3) is 0.600. The number of likely N-dealkylation sites (N-methyl/N-ethyl adjacent to an activating group) is 1. The quantitative estimate of drug-likeness (QED) is 0.677. The maximum atomic E-state index is 12.7. The van der Waals surface area contributed by atoms with Gasteiger partial charge in [-0.1, -0.05) is 19.3 Å². The van der Waals surface area contributed by atoms with Crippen LogP contribution in [0.3, 0.4) is 0 Å². The zero-order valence-electron chi connectivity index (χ0n) is 13.2. The van der Waals surface area contributed by atoms with E-state index in [2.05, 4.69) is 21.4 Å². The summed E-state index contributed by atoms with van der Waals surface area (Å²) in [6, 6.07) is 2.08. The van der Waals surface area contributed by atoms with Gasteiger partial charge < -0.3 is 10.2 Å². The molecule has 0 aromatic carbocycles. The average Bonchev–Trinajstić information content (AvgIpc) is 2.54. The molecule has 0 aliphatic heterocycles. The largest absolute Gasteiger partial charge is 0.347 e. The van der Waals surface area contributed by atoms with Gasteiger partial charge in [-0.25, -0.2) is 9.97 Å². The Hall–Kier alpha value is -1.81. The third-order valence-electron chi connectivity index (χ3n) is 3.94. The molecule has 0 spiro atoms. The smallest absolute Gasteiger partial charge is 0.247 e. The molecule has 6 nitrogen and oxygen atoms in total. The highest BCUT2D eigenvalue weighted by atomic mass is 32.2. The van der Waals surface area contributed by atoms with Crippen molar-refractivity contribution in [2.45, 2.75) is 42.7 Å². The Morgan fingerprint density at radius 2 is 2.09 bits per heavy atom. The summed E-state index contributed by atoms with van der Waals surface area (Å²) in [4.78, 5) is 22.9. The van der Waals surface area contributed by atoms with Crippen molar-refractivity contribution in [1.82, 2.24) is 14.9 Å². The van der Waals surface area contributed by atoms with Crippen LogP contribution in [0.25, 0.3) is 0 Å². The number of aromatic nitrogens is 2. The van der Waals surface area contributed by atoms with Gasteiger partial charge in [0.15, 0.2) is 0 Å². The van der Waals surface area contributed by atoms with Gasteiger partial charge in [0.25, 0.3) is 0 Å². The van der Waals surface area contributed by atoms with E-state index in [-0.39, 0.29) is 5.91 Å². The highest BCUT2D eigenvalue weighted by Gasteiger charge is 2.41. The third-order valence-corrected chi connectivity index (χ3v) is 4.64. The number of amides is 1. The lowest BCUT2D eigenvalue weighted by molar-refractivity contribution is -0.134. The second-order valence-corrected chi connectivity index (χ2v) is 6.49. The number of hydrogen-bond donors (Lipinski definition) is 1. The van der Waals surface area contributed by atoms with E-state index < -0.39 is 5.54 Å². The van der Waals surface area contributed by atoms with Gasteiger partial charge in [-0.2, -0.15) is 5.26 Å². The van der Waals surface area contributed by atoms with Gasteiger partial charge in [0.1, 0.15) is 22.2 Å². The lowest BCUT2D eigenvalue weighted by atomic mass is 9.80. The van der Waals surface area contributed by atoms with Crippen LogP contribution >= 0.6 is 11.8 Å². The Kier molecular flexibility index (Phi) is 5.24. The molecule has 1 aliphatic carbocycles. The van der Waals surface area contributed by atoms with Gasteiger partial charge in [-0.3, -0.25) is 4.79 Å². The fourth-order valence-electron chi connectivity index (χ4n) is 2.85. The van der Waals surface area contributed by atoms with E-state index >= 15 is 0 Å². The molecule has 1 saturated carbocycles. The van der Waals surface area contributed by atoms with Gasteiger partial charge in [0, 0.05) is 14.1 Å². The van der Waals surface area contributed by atoms with Crippen molar-refractivity contribution in [3.63, 3.8) is 0 Å². The van der Waals surface area contributed by atoms with Crippen molar-refractivity contribution in [2.24, 2.45) is 0 Å². The third kappa shape index (κ3) is 3.33. The van der Waals surface area contributed by atoms with E-state index in [1.54, 1.807) is 19.0 Å². The van der Waals surface area contributed by atoms with Crippen LogP contribution in [0.4, 0.5) is 5.95 Å². The number of anilines is 1. The molecule has 1 fully saturated rings. The second kappa shape index (κ2) is 6.97. The van der Waals surface area contributed by atoms with Crippen LogP contribution in [-0.2, 0) is 4.79 Å². The number of nitriles is 1. The van der Waals surface area contributed by atoms with Crippen molar-refractivity contribution >= 4 is 23.6 Å². The van der Waals surface area contributed by atoms with Crippen LogP contribution in [0.1, 0.15) is 37.7 Å².